The van der Waals surface area contributed by atoms with Gasteiger partial charge in [0.25, 0.3) is 5.91 Å². The molecule has 3 aromatic rings. The normalized spacial score (nSPS) is 12.5. The topological polar surface area (TPSA) is 107 Å². The molecule has 0 bridgehead atoms. The lowest BCUT2D eigenvalue weighted by atomic mass is 10.0. The summed E-state index contributed by atoms with van der Waals surface area (Å²) in [4.78, 5) is 46.2. The molecule has 4 rings (SSSR count). The molecule has 0 aliphatic heterocycles. The van der Waals surface area contributed by atoms with Gasteiger partial charge in [-0.3, -0.25) is 15.1 Å². The molecule has 0 atom stereocenters. The molecule has 9 heteroatoms. The molecule has 31 heavy (non-hydrogen) atoms. The van der Waals surface area contributed by atoms with Gasteiger partial charge in [0.2, 0.25) is 0 Å². The van der Waals surface area contributed by atoms with Crippen LogP contribution >= 0.6 is 11.3 Å². The smallest absolute Gasteiger partial charge is 0.350 e. The number of para-hydroxylation sites is 1. The molecule has 1 aromatic carbocycles. The number of hydrogen-bond acceptors (Lipinski definition) is 8. The Morgan fingerprint density at radius 1 is 1.10 bits per heavy atom. The van der Waals surface area contributed by atoms with E-state index in [2.05, 4.69) is 15.3 Å². The lowest BCUT2D eigenvalue weighted by molar-refractivity contribution is -0.119. The monoisotopic (exact) mass is 439 g/mol. The molecule has 0 spiro atoms. The minimum Gasteiger partial charge on any atom is -0.462 e. The molecule has 0 saturated heterocycles. The second kappa shape index (κ2) is 8.81. The van der Waals surface area contributed by atoms with Crippen molar-refractivity contribution in [2.24, 2.45) is 0 Å². The third-order valence-electron chi connectivity index (χ3n) is 4.96. The van der Waals surface area contributed by atoms with Gasteiger partial charge in [-0.05, 0) is 44.7 Å². The largest absolute Gasteiger partial charge is 0.462 e. The third-order valence-corrected chi connectivity index (χ3v) is 6.01. The zero-order valence-corrected chi connectivity index (χ0v) is 18.0. The van der Waals surface area contributed by atoms with Gasteiger partial charge in [-0.15, -0.1) is 0 Å². The fourth-order valence-electron chi connectivity index (χ4n) is 3.64. The van der Waals surface area contributed by atoms with Crippen LogP contribution < -0.4 is 5.32 Å². The number of aryl methyl sites for hydroxylation is 2. The van der Waals surface area contributed by atoms with E-state index in [1.807, 2.05) is 24.3 Å². The number of aromatic nitrogens is 2. The average Bonchev–Trinajstić information content (AvgIpc) is 3.36. The zero-order valence-electron chi connectivity index (χ0n) is 17.2. The summed E-state index contributed by atoms with van der Waals surface area (Å²) in [6.45, 7) is 3.17. The predicted octanol–water partition coefficient (Wildman–Crippen LogP) is 3.46. The van der Waals surface area contributed by atoms with E-state index in [9.17, 15) is 14.4 Å². The number of anilines is 1. The summed E-state index contributed by atoms with van der Waals surface area (Å²) >= 11 is 1.02. The number of hydrogen-bond donors (Lipinski definition) is 1. The number of ether oxygens (including phenoxy) is 2. The van der Waals surface area contributed by atoms with Crippen molar-refractivity contribution >= 4 is 45.2 Å². The minimum absolute atomic E-state index is 0.247. The van der Waals surface area contributed by atoms with Crippen molar-refractivity contribution in [3.05, 3.63) is 51.7 Å². The van der Waals surface area contributed by atoms with Gasteiger partial charge < -0.3 is 9.47 Å². The number of fused-ring (bicyclic) bond motifs is 2. The number of esters is 2. The second-order valence-electron chi connectivity index (χ2n) is 7.06. The molecule has 1 aliphatic rings. The van der Waals surface area contributed by atoms with E-state index >= 15 is 0 Å². The van der Waals surface area contributed by atoms with Crippen LogP contribution in [0.5, 0.6) is 0 Å². The number of benzene rings is 1. The van der Waals surface area contributed by atoms with Gasteiger partial charge in [-0.25, -0.2) is 14.6 Å². The third kappa shape index (κ3) is 4.27. The van der Waals surface area contributed by atoms with E-state index < -0.39 is 24.5 Å². The number of carbonyl (C=O) groups is 3. The van der Waals surface area contributed by atoms with Crippen LogP contribution in [-0.2, 0) is 27.1 Å². The molecule has 0 fully saturated rings. The van der Waals surface area contributed by atoms with Gasteiger partial charge in [-0.2, -0.15) is 0 Å². The zero-order chi connectivity index (χ0) is 22.0. The number of rotatable bonds is 6. The highest BCUT2D eigenvalue weighted by Crippen LogP contribution is 2.30. The van der Waals surface area contributed by atoms with Crippen molar-refractivity contribution < 1.29 is 23.9 Å². The lowest BCUT2D eigenvalue weighted by Gasteiger charge is -2.12. The summed E-state index contributed by atoms with van der Waals surface area (Å²) in [5.41, 5.74) is 3.51. The van der Waals surface area contributed by atoms with Gasteiger partial charge in [0.15, 0.2) is 11.7 Å². The quantitative estimate of drug-likeness (QED) is 0.586. The standard InChI is InChI=1S/C22H21N3O5S/c1-3-29-21(28)19-12(2)23-22(31-19)25-17(26)11-30-20(27)18-13-7-4-5-9-15(13)24-16-10-6-8-14(16)18/h4-5,7,9H,3,6,8,10-11H2,1-2H3,(H,23,25,26). The molecule has 1 amide bonds. The van der Waals surface area contributed by atoms with Crippen molar-refractivity contribution in [2.45, 2.75) is 33.1 Å². The van der Waals surface area contributed by atoms with Crippen LogP contribution in [-0.4, -0.2) is 41.0 Å². The molecular formula is C22H21N3O5S. The van der Waals surface area contributed by atoms with Crippen LogP contribution in [0.1, 0.15) is 50.3 Å². The maximum atomic E-state index is 12.9. The molecule has 0 saturated carbocycles. The van der Waals surface area contributed by atoms with Crippen molar-refractivity contribution in [2.75, 3.05) is 18.5 Å². The van der Waals surface area contributed by atoms with Crippen LogP contribution in [0, 0.1) is 6.92 Å². The lowest BCUT2D eigenvalue weighted by Crippen LogP contribution is -2.21. The molecule has 0 unspecified atom stereocenters. The second-order valence-corrected chi connectivity index (χ2v) is 8.06. The Labute approximate surface area is 182 Å². The summed E-state index contributed by atoms with van der Waals surface area (Å²) in [5.74, 6) is -1.57. The fourth-order valence-corrected chi connectivity index (χ4v) is 4.52. The van der Waals surface area contributed by atoms with E-state index in [0.29, 0.717) is 16.1 Å². The average molecular weight is 439 g/mol. The van der Waals surface area contributed by atoms with E-state index in [0.717, 1.165) is 52.8 Å². The van der Waals surface area contributed by atoms with E-state index in [4.69, 9.17) is 9.47 Å². The minimum atomic E-state index is -0.547. The SMILES string of the molecule is CCOC(=O)c1sc(NC(=O)COC(=O)c2c3c(nc4ccccc24)CCC3)nc1C. The van der Waals surface area contributed by atoms with Crippen LogP contribution in [0.2, 0.25) is 0 Å². The Balaban J connectivity index is 1.46. The van der Waals surface area contributed by atoms with Gasteiger partial charge in [0, 0.05) is 11.1 Å². The van der Waals surface area contributed by atoms with Crippen molar-refractivity contribution in [1.82, 2.24) is 9.97 Å². The molecule has 1 aliphatic carbocycles. The van der Waals surface area contributed by atoms with Crippen molar-refractivity contribution in [3.8, 4) is 0 Å². The van der Waals surface area contributed by atoms with Crippen molar-refractivity contribution in [3.63, 3.8) is 0 Å². The number of amides is 1. The Morgan fingerprint density at radius 2 is 1.90 bits per heavy atom. The molecule has 1 N–H and O–H groups in total. The summed E-state index contributed by atoms with van der Waals surface area (Å²) in [6, 6.07) is 7.43. The number of pyridine rings is 1. The van der Waals surface area contributed by atoms with Gasteiger partial charge in [0.05, 0.1) is 23.4 Å². The molecular weight excluding hydrogens is 418 g/mol. The molecule has 0 radical (unpaired) electrons. The van der Waals surface area contributed by atoms with E-state index in [-0.39, 0.29) is 11.7 Å². The Morgan fingerprint density at radius 3 is 2.71 bits per heavy atom. The first-order valence-electron chi connectivity index (χ1n) is 10.00. The highest BCUT2D eigenvalue weighted by molar-refractivity contribution is 7.17. The number of nitrogens with one attached hydrogen (secondary N) is 1. The van der Waals surface area contributed by atoms with Gasteiger partial charge in [-0.1, -0.05) is 29.5 Å². The Kier molecular flexibility index (Phi) is 5.94. The molecule has 2 aromatic heterocycles. The highest BCUT2D eigenvalue weighted by Gasteiger charge is 2.25. The van der Waals surface area contributed by atoms with Gasteiger partial charge >= 0.3 is 11.9 Å². The predicted molar refractivity (Wildman–Crippen MR) is 115 cm³/mol. The van der Waals surface area contributed by atoms with Crippen LogP contribution in [0.3, 0.4) is 0 Å². The first kappa shape index (κ1) is 20.9. The van der Waals surface area contributed by atoms with Crippen LogP contribution in [0.15, 0.2) is 24.3 Å². The maximum Gasteiger partial charge on any atom is 0.350 e. The Hall–Kier alpha value is -3.33. The van der Waals surface area contributed by atoms with Crippen LogP contribution in [0.4, 0.5) is 5.13 Å². The highest BCUT2D eigenvalue weighted by atomic mass is 32.1. The summed E-state index contributed by atoms with van der Waals surface area (Å²) in [7, 11) is 0. The fraction of sp³-hybridized carbons (Fsp3) is 0.318. The molecule has 2 heterocycles. The molecule has 160 valence electrons. The first-order chi connectivity index (χ1) is 15.0. The molecule has 8 nitrogen and oxygen atoms in total. The van der Waals surface area contributed by atoms with E-state index in [1.165, 1.54) is 0 Å². The summed E-state index contributed by atoms with van der Waals surface area (Å²) in [6.07, 6.45) is 2.53. The first-order valence-corrected chi connectivity index (χ1v) is 10.8. The van der Waals surface area contributed by atoms with Crippen molar-refractivity contribution in [1.29, 1.82) is 0 Å². The van der Waals surface area contributed by atoms with E-state index in [1.54, 1.807) is 13.8 Å². The summed E-state index contributed by atoms with van der Waals surface area (Å²) < 4.78 is 10.3. The van der Waals surface area contributed by atoms with Gasteiger partial charge in [0.1, 0.15) is 4.88 Å². The summed E-state index contributed by atoms with van der Waals surface area (Å²) in [5, 5.41) is 3.54. The Bertz CT molecular complexity index is 1190. The number of nitrogens with zero attached hydrogens (tertiary/aromatic N) is 2. The maximum absolute atomic E-state index is 12.9. The van der Waals surface area contributed by atoms with Crippen LogP contribution in [0.25, 0.3) is 10.9 Å². The number of thiazole rings is 1. The number of carbonyl (C=O) groups excluding carboxylic acids is 3.